The molecule has 1 aromatic heterocycles. The first-order chi connectivity index (χ1) is 15.7. The number of hydrogen-bond donors (Lipinski definition) is 0. The van der Waals surface area contributed by atoms with Crippen LogP contribution in [-0.2, 0) is 21.4 Å². The van der Waals surface area contributed by atoms with Crippen LogP contribution < -0.4 is 4.80 Å². The summed E-state index contributed by atoms with van der Waals surface area (Å²) < 4.78 is 30.0. The van der Waals surface area contributed by atoms with Crippen molar-refractivity contribution in [1.29, 1.82) is 0 Å². The van der Waals surface area contributed by atoms with Crippen molar-refractivity contribution in [2.24, 2.45) is 10.9 Å². The molecular formula is C22H24N4O5S2. The summed E-state index contributed by atoms with van der Waals surface area (Å²) in [5.41, 5.74) is 1.72. The lowest BCUT2D eigenvalue weighted by atomic mass is 9.99. The summed E-state index contributed by atoms with van der Waals surface area (Å²) in [6.07, 6.45) is 1.13. The molecule has 1 saturated heterocycles. The smallest absolute Gasteiger partial charge is 0.270 e. The first-order valence-electron chi connectivity index (χ1n) is 10.6. The van der Waals surface area contributed by atoms with E-state index in [2.05, 4.69) is 4.99 Å². The lowest BCUT2D eigenvalue weighted by Crippen LogP contribution is -2.42. The monoisotopic (exact) mass is 488 g/mol. The molecule has 2 aromatic carbocycles. The molecule has 1 atom stereocenters. The second-order valence-corrected chi connectivity index (χ2v) is 11.0. The van der Waals surface area contributed by atoms with E-state index >= 15 is 0 Å². The van der Waals surface area contributed by atoms with Crippen molar-refractivity contribution in [2.45, 2.75) is 38.1 Å². The van der Waals surface area contributed by atoms with Gasteiger partial charge in [-0.3, -0.25) is 14.9 Å². The molecule has 1 amide bonds. The Labute approximate surface area is 195 Å². The van der Waals surface area contributed by atoms with Crippen molar-refractivity contribution in [2.75, 3.05) is 13.1 Å². The molecular weight excluding hydrogens is 464 g/mol. The molecule has 1 aliphatic rings. The third-order valence-electron chi connectivity index (χ3n) is 5.79. The highest BCUT2D eigenvalue weighted by Gasteiger charge is 2.33. The van der Waals surface area contributed by atoms with Crippen molar-refractivity contribution in [3.05, 3.63) is 62.9 Å². The van der Waals surface area contributed by atoms with Gasteiger partial charge in [-0.05, 0) is 44.9 Å². The first-order valence-corrected chi connectivity index (χ1v) is 12.9. The molecule has 0 saturated carbocycles. The summed E-state index contributed by atoms with van der Waals surface area (Å²) in [5, 5.41) is 11.1. The van der Waals surface area contributed by atoms with Gasteiger partial charge in [-0.25, -0.2) is 8.42 Å². The van der Waals surface area contributed by atoms with Crippen molar-refractivity contribution in [3.63, 3.8) is 0 Å². The summed E-state index contributed by atoms with van der Waals surface area (Å²) in [6, 6.07) is 11.2. The number of amides is 1. The van der Waals surface area contributed by atoms with Crippen LogP contribution in [0.1, 0.15) is 25.3 Å². The van der Waals surface area contributed by atoms with Crippen LogP contribution in [0.15, 0.2) is 52.4 Å². The van der Waals surface area contributed by atoms with Crippen LogP contribution >= 0.6 is 11.3 Å². The van der Waals surface area contributed by atoms with E-state index < -0.39 is 20.9 Å². The van der Waals surface area contributed by atoms with E-state index in [0.717, 1.165) is 11.1 Å². The number of nitro groups is 1. The largest absolute Gasteiger partial charge is 0.317 e. The topological polar surface area (TPSA) is 115 Å². The molecule has 4 rings (SSSR count). The van der Waals surface area contributed by atoms with Crippen molar-refractivity contribution in [1.82, 2.24) is 8.87 Å². The fourth-order valence-electron chi connectivity index (χ4n) is 3.97. The highest BCUT2D eigenvalue weighted by molar-refractivity contribution is 7.89. The molecule has 0 spiro atoms. The molecule has 174 valence electrons. The van der Waals surface area contributed by atoms with E-state index in [1.165, 1.54) is 27.8 Å². The Morgan fingerprint density at radius 1 is 1.24 bits per heavy atom. The van der Waals surface area contributed by atoms with Gasteiger partial charge >= 0.3 is 0 Å². The number of carbonyl (C=O) groups excluding carboxylic acids is 1. The molecule has 1 aliphatic heterocycles. The van der Waals surface area contributed by atoms with E-state index in [1.807, 2.05) is 18.4 Å². The summed E-state index contributed by atoms with van der Waals surface area (Å²) in [6.45, 7) is 4.79. The minimum Gasteiger partial charge on any atom is -0.317 e. The predicted octanol–water partition coefficient (Wildman–Crippen LogP) is 3.47. The van der Waals surface area contributed by atoms with Crippen LogP contribution in [0.2, 0.25) is 0 Å². The number of thiazole rings is 1. The second kappa shape index (κ2) is 9.16. The maximum atomic E-state index is 13.1. The minimum absolute atomic E-state index is 0.0193. The molecule has 0 aliphatic carbocycles. The number of aromatic nitrogens is 1. The van der Waals surface area contributed by atoms with Crippen LogP contribution in [0, 0.1) is 23.0 Å². The van der Waals surface area contributed by atoms with Crippen molar-refractivity contribution >= 4 is 43.2 Å². The molecule has 3 aromatic rings. The number of nitrogens with zero attached hydrogens (tertiary/aromatic N) is 4. The number of non-ortho nitro benzene ring substituents is 1. The van der Waals surface area contributed by atoms with E-state index in [0.29, 0.717) is 35.4 Å². The lowest BCUT2D eigenvalue weighted by Gasteiger charge is -2.30. The molecule has 33 heavy (non-hydrogen) atoms. The highest BCUT2D eigenvalue weighted by atomic mass is 32.2. The number of sulfonamides is 1. The Balaban J connectivity index is 1.62. The van der Waals surface area contributed by atoms with E-state index in [9.17, 15) is 23.3 Å². The van der Waals surface area contributed by atoms with Crippen LogP contribution in [0.25, 0.3) is 10.2 Å². The highest BCUT2D eigenvalue weighted by Crippen LogP contribution is 2.26. The van der Waals surface area contributed by atoms with Crippen molar-refractivity contribution < 1.29 is 18.1 Å². The molecule has 0 bridgehead atoms. The zero-order valence-corrected chi connectivity index (χ0v) is 19.9. The quantitative estimate of drug-likeness (QED) is 0.403. The van der Waals surface area contributed by atoms with Gasteiger partial charge in [-0.2, -0.15) is 9.30 Å². The standard InChI is InChI=1S/C22H24N4O5S2/c1-3-25-19-11-8-17(26(28)29)13-20(19)32-22(25)23-21(27)16-5-4-12-24(14-16)33(30,31)18-9-6-15(2)7-10-18/h6-11,13,16H,3-5,12,14H2,1-2H3. The van der Waals surface area contributed by atoms with E-state index in [-0.39, 0.29) is 23.0 Å². The maximum Gasteiger partial charge on any atom is 0.270 e. The van der Waals surface area contributed by atoms with Gasteiger partial charge in [0, 0.05) is 31.8 Å². The molecule has 0 N–H and O–H groups in total. The Hall–Kier alpha value is -2.89. The number of nitro benzene ring substituents is 1. The Bertz CT molecular complexity index is 1390. The molecule has 2 heterocycles. The average molecular weight is 489 g/mol. The van der Waals surface area contributed by atoms with Crippen LogP contribution in [-0.4, -0.2) is 41.2 Å². The molecule has 1 unspecified atom stereocenters. The zero-order valence-electron chi connectivity index (χ0n) is 18.3. The number of aryl methyl sites for hydroxylation is 2. The molecule has 0 radical (unpaired) electrons. The van der Waals surface area contributed by atoms with Gasteiger partial charge in [-0.1, -0.05) is 29.0 Å². The number of fused-ring (bicyclic) bond motifs is 1. The van der Waals surface area contributed by atoms with Gasteiger partial charge in [0.2, 0.25) is 10.0 Å². The normalized spacial score (nSPS) is 18.0. The first kappa shape index (κ1) is 23.3. The molecule has 11 heteroatoms. The van der Waals surface area contributed by atoms with Gasteiger partial charge in [0.25, 0.3) is 11.6 Å². The fraction of sp³-hybridized carbons (Fsp3) is 0.364. The van der Waals surface area contributed by atoms with E-state index in [4.69, 9.17) is 0 Å². The predicted molar refractivity (Wildman–Crippen MR) is 125 cm³/mol. The number of benzene rings is 2. The van der Waals surface area contributed by atoms with Gasteiger partial charge in [0.15, 0.2) is 4.80 Å². The van der Waals surface area contributed by atoms with Crippen LogP contribution in [0.3, 0.4) is 0 Å². The van der Waals surface area contributed by atoms with E-state index in [1.54, 1.807) is 30.3 Å². The Morgan fingerprint density at radius 3 is 2.64 bits per heavy atom. The lowest BCUT2D eigenvalue weighted by molar-refractivity contribution is -0.384. The maximum absolute atomic E-state index is 13.1. The number of piperidine rings is 1. The van der Waals surface area contributed by atoms with Gasteiger partial charge < -0.3 is 4.57 Å². The summed E-state index contributed by atoms with van der Waals surface area (Å²) >= 11 is 1.22. The summed E-state index contributed by atoms with van der Waals surface area (Å²) in [4.78, 5) is 28.7. The third-order valence-corrected chi connectivity index (χ3v) is 8.71. The van der Waals surface area contributed by atoms with Crippen molar-refractivity contribution in [3.8, 4) is 0 Å². The Kier molecular flexibility index (Phi) is 6.46. The molecule has 1 fully saturated rings. The zero-order chi connectivity index (χ0) is 23.8. The number of rotatable bonds is 5. The van der Waals surface area contributed by atoms with Gasteiger partial charge in [-0.15, -0.1) is 0 Å². The Morgan fingerprint density at radius 2 is 1.97 bits per heavy atom. The average Bonchev–Trinajstić information content (AvgIpc) is 3.15. The fourth-order valence-corrected chi connectivity index (χ4v) is 6.63. The SMILES string of the molecule is CCn1c(=NC(=O)C2CCCN(S(=O)(=O)c3ccc(C)cc3)C2)sc2cc([N+](=O)[O-])ccc21. The van der Waals surface area contributed by atoms with Gasteiger partial charge in [0.05, 0.1) is 26.0 Å². The van der Waals surface area contributed by atoms with Gasteiger partial charge in [0.1, 0.15) is 0 Å². The summed E-state index contributed by atoms with van der Waals surface area (Å²) in [5.74, 6) is -0.911. The summed E-state index contributed by atoms with van der Waals surface area (Å²) in [7, 11) is -3.69. The minimum atomic E-state index is -3.69. The van der Waals surface area contributed by atoms with Crippen LogP contribution in [0.5, 0.6) is 0 Å². The number of hydrogen-bond acceptors (Lipinski definition) is 6. The third kappa shape index (κ3) is 4.61. The van der Waals surface area contributed by atoms with Crippen LogP contribution in [0.4, 0.5) is 5.69 Å². The number of carbonyl (C=O) groups is 1. The second-order valence-electron chi connectivity index (χ2n) is 8.00. The molecule has 9 nitrogen and oxygen atoms in total.